The van der Waals surface area contributed by atoms with E-state index in [0.717, 1.165) is 32.0 Å². The number of aromatic nitrogens is 1. The standard InChI is InChI=1S/C18H25N3/c1-18(2,3)14-20-8-10-21(11-9-20)17-12-15-6-4-5-7-16(15)13-19-17/h4-7,12-13H,8-11,14H2,1-3H3. The number of pyridine rings is 1. The smallest absolute Gasteiger partial charge is 0.129 e. The van der Waals surface area contributed by atoms with Gasteiger partial charge in [-0.15, -0.1) is 0 Å². The second kappa shape index (κ2) is 5.64. The number of anilines is 1. The molecule has 1 aromatic heterocycles. The molecule has 0 saturated carbocycles. The summed E-state index contributed by atoms with van der Waals surface area (Å²) in [6.07, 6.45) is 1.99. The van der Waals surface area contributed by atoms with Crippen LogP contribution in [0.15, 0.2) is 36.5 Å². The van der Waals surface area contributed by atoms with Gasteiger partial charge in [0, 0.05) is 44.3 Å². The topological polar surface area (TPSA) is 19.4 Å². The number of hydrogen-bond donors (Lipinski definition) is 0. The van der Waals surface area contributed by atoms with Crippen LogP contribution in [0.2, 0.25) is 0 Å². The molecule has 3 nitrogen and oxygen atoms in total. The normalized spacial score (nSPS) is 17.4. The van der Waals surface area contributed by atoms with E-state index < -0.39 is 0 Å². The molecule has 3 heteroatoms. The van der Waals surface area contributed by atoms with E-state index in [1.165, 1.54) is 17.3 Å². The van der Waals surface area contributed by atoms with Crippen molar-refractivity contribution in [2.24, 2.45) is 5.41 Å². The van der Waals surface area contributed by atoms with Crippen molar-refractivity contribution < 1.29 is 0 Å². The van der Waals surface area contributed by atoms with E-state index >= 15 is 0 Å². The molecule has 0 N–H and O–H groups in total. The summed E-state index contributed by atoms with van der Waals surface area (Å²) in [5.74, 6) is 1.11. The van der Waals surface area contributed by atoms with Crippen molar-refractivity contribution in [1.29, 1.82) is 0 Å². The summed E-state index contributed by atoms with van der Waals surface area (Å²) in [4.78, 5) is 9.61. The first-order valence-corrected chi connectivity index (χ1v) is 7.83. The Bertz CT molecular complexity index is 607. The zero-order valence-electron chi connectivity index (χ0n) is 13.3. The molecule has 1 aliphatic rings. The first kappa shape index (κ1) is 14.3. The fourth-order valence-electron chi connectivity index (χ4n) is 3.05. The maximum absolute atomic E-state index is 4.64. The van der Waals surface area contributed by atoms with Gasteiger partial charge in [0.25, 0.3) is 0 Å². The van der Waals surface area contributed by atoms with Gasteiger partial charge in [-0.3, -0.25) is 4.90 Å². The quantitative estimate of drug-likeness (QED) is 0.842. The number of rotatable bonds is 2. The monoisotopic (exact) mass is 283 g/mol. The molecule has 1 fully saturated rings. The average molecular weight is 283 g/mol. The van der Waals surface area contributed by atoms with Crippen LogP contribution in [0.4, 0.5) is 5.82 Å². The molecule has 2 heterocycles. The molecule has 0 spiro atoms. The van der Waals surface area contributed by atoms with Gasteiger partial charge in [0.1, 0.15) is 5.82 Å². The van der Waals surface area contributed by atoms with Gasteiger partial charge in [-0.2, -0.15) is 0 Å². The highest BCUT2D eigenvalue weighted by Crippen LogP contribution is 2.21. The predicted molar refractivity (Wildman–Crippen MR) is 89.9 cm³/mol. The van der Waals surface area contributed by atoms with Crippen LogP contribution in [0.3, 0.4) is 0 Å². The second-order valence-electron chi connectivity index (χ2n) is 7.21. The van der Waals surface area contributed by atoms with Crippen LogP contribution >= 0.6 is 0 Å². The lowest BCUT2D eigenvalue weighted by Crippen LogP contribution is -2.48. The molecule has 1 aromatic carbocycles. The molecule has 0 bridgehead atoms. The second-order valence-corrected chi connectivity index (χ2v) is 7.21. The number of benzene rings is 1. The number of nitrogens with zero attached hydrogens (tertiary/aromatic N) is 3. The molecule has 0 aliphatic carbocycles. The van der Waals surface area contributed by atoms with Gasteiger partial charge in [-0.25, -0.2) is 4.98 Å². The van der Waals surface area contributed by atoms with Crippen molar-refractivity contribution in [3.63, 3.8) is 0 Å². The van der Waals surface area contributed by atoms with E-state index in [2.05, 4.69) is 65.9 Å². The first-order chi connectivity index (χ1) is 10.0. The van der Waals surface area contributed by atoms with Crippen molar-refractivity contribution in [1.82, 2.24) is 9.88 Å². The largest absolute Gasteiger partial charge is 0.354 e. The molecule has 0 atom stereocenters. The van der Waals surface area contributed by atoms with Crippen LogP contribution in [0.5, 0.6) is 0 Å². The summed E-state index contributed by atoms with van der Waals surface area (Å²) in [7, 11) is 0. The van der Waals surface area contributed by atoms with Crippen LogP contribution in [0, 0.1) is 5.41 Å². The van der Waals surface area contributed by atoms with E-state index in [-0.39, 0.29) is 0 Å². The Labute approximate surface area is 127 Å². The van der Waals surface area contributed by atoms with E-state index in [4.69, 9.17) is 0 Å². The van der Waals surface area contributed by atoms with Crippen molar-refractivity contribution in [2.75, 3.05) is 37.6 Å². The highest BCUT2D eigenvalue weighted by Gasteiger charge is 2.22. The third-order valence-corrected chi connectivity index (χ3v) is 4.01. The lowest BCUT2D eigenvalue weighted by Gasteiger charge is -2.38. The predicted octanol–water partition coefficient (Wildman–Crippen LogP) is 3.40. The highest BCUT2D eigenvalue weighted by molar-refractivity contribution is 5.83. The summed E-state index contributed by atoms with van der Waals surface area (Å²) in [5.41, 5.74) is 0.378. The number of fused-ring (bicyclic) bond motifs is 1. The molecule has 0 radical (unpaired) electrons. The summed E-state index contributed by atoms with van der Waals surface area (Å²) in [6, 6.07) is 10.7. The number of piperazine rings is 1. The van der Waals surface area contributed by atoms with Gasteiger partial charge >= 0.3 is 0 Å². The van der Waals surface area contributed by atoms with Gasteiger partial charge in [-0.05, 0) is 16.9 Å². The Morgan fingerprint density at radius 3 is 2.33 bits per heavy atom. The third-order valence-electron chi connectivity index (χ3n) is 4.01. The Balaban J connectivity index is 1.68. The Morgan fingerprint density at radius 1 is 1.00 bits per heavy atom. The minimum absolute atomic E-state index is 0.378. The van der Waals surface area contributed by atoms with Crippen LogP contribution in [-0.2, 0) is 0 Å². The van der Waals surface area contributed by atoms with Crippen molar-refractivity contribution >= 4 is 16.6 Å². The molecule has 112 valence electrons. The molecular weight excluding hydrogens is 258 g/mol. The number of hydrogen-bond acceptors (Lipinski definition) is 3. The van der Waals surface area contributed by atoms with Crippen LogP contribution in [-0.4, -0.2) is 42.6 Å². The molecule has 1 saturated heterocycles. The zero-order valence-corrected chi connectivity index (χ0v) is 13.3. The summed E-state index contributed by atoms with van der Waals surface area (Å²) >= 11 is 0. The fourth-order valence-corrected chi connectivity index (χ4v) is 3.05. The molecular formula is C18H25N3. The molecule has 0 unspecified atom stereocenters. The molecule has 3 rings (SSSR count). The molecule has 1 aliphatic heterocycles. The molecule has 2 aromatic rings. The first-order valence-electron chi connectivity index (χ1n) is 7.83. The zero-order chi connectivity index (χ0) is 14.9. The lowest BCUT2D eigenvalue weighted by molar-refractivity contribution is 0.182. The fraction of sp³-hybridized carbons (Fsp3) is 0.500. The Kier molecular flexibility index (Phi) is 3.85. The molecule has 21 heavy (non-hydrogen) atoms. The average Bonchev–Trinajstić information content (AvgIpc) is 2.46. The van der Waals surface area contributed by atoms with Crippen LogP contribution in [0.1, 0.15) is 20.8 Å². The van der Waals surface area contributed by atoms with Crippen LogP contribution < -0.4 is 4.90 Å². The van der Waals surface area contributed by atoms with Gasteiger partial charge in [-0.1, -0.05) is 45.0 Å². The van der Waals surface area contributed by atoms with E-state index in [9.17, 15) is 0 Å². The lowest BCUT2D eigenvalue weighted by atomic mass is 9.96. The maximum Gasteiger partial charge on any atom is 0.129 e. The SMILES string of the molecule is CC(C)(C)CN1CCN(c2cc3ccccc3cn2)CC1. The van der Waals surface area contributed by atoms with Gasteiger partial charge < -0.3 is 4.90 Å². The van der Waals surface area contributed by atoms with E-state index in [0.29, 0.717) is 5.41 Å². The maximum atomic E-state index is 4.64. The van der Waals surface area contributed by atoms with Gasteiger partial charge in [0.15, 0.2) is 0 Å². The van der Waals surface area contributed by atoms with E-state index in [1.807, 2.05) is 6.20 Å². The summed E-state index contributed by atoms with van der Waals surface area (Å²) in [6.45, 7) is 12.5. The minimum atomic E-state index is 0.378. The van der Waals surface area contributed by atoms with Gasteiger partial charge in [0.05, 0.1) is 0 Å². The summed E-state index contributed by atoms with van der Waals surface area (Å²) in [5, 5.41) is 2.49. The Morgan fingerprint density at radius 2 is 1.67 bits per heavy atom. The molecule has 0 amide bonds. The van der Waals surface area contributed by atoms with Crippen molar-refractivity contribution in [3.8, 4) is 0 Å². The van der Waals surface area contributed by atoms with E-state index in [1.54, 1.807) is 0 Å². The third kappa shape index (κ3) is 3.53. The van der Waals surface area contributed by atoms with Crippen molar-refractivity contribution in [3.05, 3.63) is 36.5 Å². The highest BCUT2D eigenvalue weighted by atomic mass is 15.3. The van der Waals surface area contributed by atoms with Gasteiger partial charge in [0.2, 0.25) is 0 Å². The van der Waals surface area contributed by atoms with Crippen molar-refractivity contribution in [2.45, 2.75) is 20.8 Å². The minimum Gasteiger partial charge on any atom is -0.354 e. The summed E-state index contributed by atoms with van der Waals surface area (Å²) < 4.78 is 0. The van der Waals surface area contributed by atoms with Crippen LogP contribution in [0.25, 0.3) is 10.8 Å². The Hall–Kier alpha value is -1.61.